The van der Waals surface area contributed by atoms with Gasteiger partial charge in [-0.2, -0.15) is 0 Å². The molecule has 11 heteroatoms. The number of rotatable bonds is 11. The minimum atomic E-state index is -0.844. The molecule has 1 aliphatic heterocycles. The summed E-state index contributed by atoms with van der Waals surface area (Å²) < 4.78 is 24.9. The van der Waals surface area contributed by atoms with Crippen LogP contribution in [0.1, 0.15) is 50.8 Å². The first kappa shape index (κ1) is 32.2. The molecule has 45 heavy (non-hydrogen) atoms. The zero-order valence-electron chi connectivity index (χ0n) is 25.4. The van der Waals surface area contributed by atoms with E-state index in [0.29, 0.717) is 49.7 Å². The van der Waals surface area contributed by atoms with E-state index < -0.39 is 18.0 Å². The lowest BCUT2D eigenvalue weighted by Crippen LogP contribution is -2.40. The van der Waals surface area contributed by atoms with E-state index in [1.165, 1.54) is 15.9 Å². The molecule has 1 aliphatic rings. The molecule has 9 nitrogen and oxygen atoms in total. The molecule has 2 heterocycles. The molecule has 1 atom stereocenters. The van der Waals surface area contributed by atoms with Crippen molar-refractivity contribution in [1.29, 1.82) is 0 Å². The van der Waals surface area contributed by atoms with Gasteiger partial charge >= 0.3 is 11.9 Å². The molecular formula is C34H33BrN2O7S. The molecule has 0 fully saturated rings. The maximum atomic E-state index is 14.4. The smallest absolute Gasteiger partial charge is 0.344 e. The third kappa shape index (κ3) is 6.60. The predicted octanol–water partition coefficient (Wildman–Crippen LogP) is 5.44. The number of halogens is 1. The summed E-state index contributed by atoms with van der Waals surface area (Å²) in [7, 11) is 1.55. The van der Waals surface area contributed by atoms with Crippen LogP contribution in [0.4, 0.5) is 0 Å². The van der Waals surface area contributed by atoms with Crippen molar-refractivity contribution < 1.29 is 28.5 Å². The van der Waals surface area contributed by atoms with Crippen LogP contribution in [0.2, 0.25) is 0 Å². The van der Waals surface area contributed by atoms with E-state index in [1.54, 1.807) is 39.2 Å². The maximum Gasteiger partial charge on any atom is 0.344 e. The summed E-state index contributed by atoms with van der Waals surface area (Å²) in [5.41, 5.74) is 1.79. The SMILES string of the molecule is CCCC1=C(C(=O)OCC)[C@@H](c2cc(Br)ccc2OC)n2c(s/c(=C/c3c(OCC(=O)OCC)ccc4ccccc34)c2=O)=N1. The number of allylic oxidation sites excluding steroid dienone is 1. The number of benzene rings is 3. The van der Waals surface area contributed by atoms with Gasteiger partial charge in [0.1, 0.15) is 17.5 Å². The molecule has 0 saturated heterocycles. The lowest BCUT2D eigenvalue weighted by Gasteiger charge is -2.27. The van der Waals surface area contributed by atoms with Gasteiger partial charge in [0.25, 0.3) is 5.56 Å². The summed E-state index contributed by atoms with van der Waals surface area (Å²) in [6.45, 7) is 5.62. The van der Waals surface area contributed by atoms with E-state index >= 15 is 0 Å². The predicted molar refractivity (Wildman–Crippen MR) is 176 cm³/mol. The number of thiazole rings is 1. The van der Waals surface area contributed by atoms with Crippen LogP contribution in [0, 0.1) is 0 Å². The molecule has 0 amide bonds. The molecule has 0 aliphatic carbocycles. The van der Waals surface area contributed by atoms with Crippen molar-refractivity contribution in [3.8, 4) is 11.5 Å². The summed E-state index contributed by atoms with van der Waals surface area (Å²) >= 11 is 4.77. The van der Waals surface area contributed by atoms with Gasteiger partial charge in [-0.3, -0.25) is 9.36 Å². The Labute approximate surface area is 272 Å². The number of carbonyl (C=O) groups excluding carboxylic acids is 2. The highest BCUT2D eigenvalue weighted by Gasteiger charge is 2.36. The first-order valence-corrected chi connectivity index (χ1v) is 16.3. The van der Waals surface area contributed by atoms with Crippen LogP contribution >= 0.6 is 27.3 Å². The maximum absolute atomic E-state index is 14.4. The van der Waals surface area contributed by atoms with E-state index in [2.05, 4.69) is 15.9 Å². The van der Waals surface area contributed by atoms with Crippen molar-refractivity contribution >= 4 is 56.1 Å². The number of esters is 2. The van der Waals surface area contributed by atoms with Gasteiger partial charge in [0.2, 0.25) is 0 Å². The fraction of sp³-hybridized carbons (Fsp3) is 0.294. The second-order valence-electron chi connectivity index (χ2n) is 10.1. The fourth-order valence-electron chi connectivity index (χ4n) is 5.35. The van der Waals surface area contributed by atoms with Crippen LogP contribution in [0.3, 0.4) is 0 Å². The third-order valence-electron chi connectivity index (χ3n) is 7.24. The Morgan fingerprint density at radius 1 is 1.02 bits per heavy atom. The molecule has 4 aromatic rings. The van der Waals surface area contributed by atoms with Crippen molar-refractivity contribution in [3.63, 3.8) is 0 Å². The number of methoxy groups -OCH3 is 1. The Hall–Kier alpha value is -4.22. The summed E-state index contributed by atoms with van der Waals surface area (Å²) in [6.07, 6.45) is 3.01. The number of aromatic nitrogens is 1. The highest BCUT2D eigenvalue weighted by molar-refractivity contribution is 9.10. The second kappa shape index (κ2) is 14.3. The van der Waals surface area contributed by atoms with Crippen LogP contribution in [0.5, 0.6) is 11.5 Å². The van der Waals surface area contributed by atoms with Gasteiger partial charge in [0, 0.05) is 15.6 Å². The van der Waals surface area contributed by atoms with E-state index in [-0.39, 0.29) is 25.4 Å². The molecule has 1 aromatic heterocycles. The Kier molecular flexibility index (Phi) is 10.2. The van der Waals surface area contributed by atoms with Gasteiger partial charge in [-0.25, -0.2) is 14.6 Å². The Bertz CT molecular complexity index is 1980. The van der Waals surface area contributed by atoms with Crippen LogP contribution in [-0.4, -0.2) is 43.4 Å². The second-order valence-corrected chi connectivity index (χ2v) is 12.0. The van der Waals surface area contributed by atoms with E-state index in [0.717, 1.165) is 21.7 Å². The van der Waals surface area contributed by atoms with E-state index in [9.17, 15) is 14.4 Å². The third-order valence-corrected chi connectivity index (χ3v) is 8.71. The average Bonchev–Trinajstić information content (AvgIpc) is 3.34. The lowest BCUT2D eigenvalue weighted by molar-refractivity contribution is -0.145. The fourth-order valence-corrected chi connectivity index (χ4v) is 6.74. The molecule has 0 N–H and O–H groups in total. The number of hydrogen-bond donors (Lipinski definition) is 0. The van der Waals surface area contributed by atoms with Gasteiger partial charge in [-0.05, 0) is 61.4 Å². The minimum absolute atomic E-state index is 0.171. The number of carbonyl (C=O) groups is 2. The molecule has 0 spiro atoms. The molecular weight excluding hydrogens is 660 g/mol. The van der Waals surface area contributed by atoms with Gasteiger partial charge in [0.15, 0.2) is 11.4 Å². The number of nitrogens with zero attached hydrogens (tertiary/aromatic N) is 2. The quantitative estimate of drug-likeness (QED) is 0.193. The van der Waals surface area contributed by atoms with Crippen molar-refractivity contribution in [2.24, 2.45) is 4.99 Å². The average molecular weight is 694 g/mol. The molecule has 0 radical (unpaired) electrons. The van der Waals surface area contributed by atoms with Crippen LogP contribution in [0.15, 0.2) is 80.1 Å². The van der Waals surface area contributed by atoms with Gasteiger partial charge in [-0.1, -0.05) is 70.9 Å². The van der Waals surface area contributed by atoms with E-state index in [1.807, 2.05) is 49.4 Å². The van der Waals surface area contributed by atoms with Crippen molar-refractivity contribution in [2.75, 3.05) is 26.9 Å². The normalized spacial score (nSPS) is 14.6. The first-order valence-electron chi connectivity index (χ1n) is 14.7. The highest BCUT2D eigenvalue weighted by atomic mass is 79.9. The van der Waals surface area contributed by atoms with Gasteiger partial charge in [-0.15, -0.1) is 0 Å². The Balaban J connectivity index is 1.78. The minimum Gasteiger partial charge on any atom is -0.496 e. The highest BCUT2D eigenvalue weighted by Crippen LogP contribution is 2.38. The Morgan fingerprint density at radius 3 is 2.51 bits per heavy atom. The molecule has 3 aromatic carbocycles. The topological polar surface area (TPSA) is 105 Å². The van der Waals surface area contributed by atoms with E-state index in [4.69, 9.17) is 23.9 Å². The molecule has 0 saturated carbocycles. The Morgan fingerprint density at radius 2 is 1.78 bits per heavy atom. The molecule has 0 unspecified atom stereocenters. The summed E-state index contributed by atoms with van der Waals surface area (Å²) in [5.74, 6) is -0.0821. The number of hydrogen-bond acceptors (Lipinski definition) is 9. The standard InChI is InChI=1S/C34H33BrN2O7S/c1-5-10-25-30(33(40)43-7-3)31(24-17-21(35)14-16-26(24)41-4)37-32(39)28(45-34(37)36-25)18-23-22-12-9-8-11-20(22)13-15-27(23)44-19-29(38)42-6-2/h8-9,11-18,31H,5-7,10,19H2,1-4H3/b28-18+/t31-/m1/s1. The zero-order valence-corrected chi connectivity index (χ0v) is 27.8. The number of ether oxygens (including phenoxy) is 4. The van der Waals surface area contributed by atoms with Gasteiger partial charge < -0.3 is 18.9 Å². The van der Waals surface area contributed by atoms with Crippen LogP contribution in [0.25, 0.3) is 16.8 Å². The van der Waals surface area contributed by atoms with Crippen molar-refractivity contribution in [2.45, 2.75) is 39.7 Å². The molecule has 234 valence electrons. The summed E-state index contributed by atoms with van der Waals surface area (Å²) in [5, 5.41) is 1.78. The van der Waals surface area contributed by atoms with Crippen molar-refractivity contribution in [1.82, 2.24) is 4.57 Å². The zero-order chi connectivity index (χ0) is 32.1. The largest absolute Gasteiger partial charge is 0.496 e. The van der Waals surface area contributed by atoms with Gasteiger partial charge in [0.05, 0.1) is 36.1 Å². The van der Waals surface area contributed by atoms with Crippen LogP contribution in [-0.2, 0) is 19.1 Å². The summed E-state index contributed by atoms with van der Waals surface area (Å²) in [4.78, 5) is 45.4. The monoisotopic (exact) mass is 692 g/mol. The summed E-state index contributed by atoms with van der Waals surface area (Å²) in [6, 6.07) is 16.0. The molecule has 0 bridgehead atoms. The van der Waals surface area contributed by atoms with Crippen LogP contribution < -0.4 is 24.4 Å². The first-order chi connectivity index (χ1) is 21.8. The van der Waals surface area contributed by atoms with Crippen molar-refractivity contribution in [3.05, 3.63) is 101 Å². The number of fused-ring (bicyclic) bond motifs is 2. The molecule has 5 rings (SSSR count). The lowest BCUT2D eigenvalue weighted by atomic mass is 9.93.